The van der Waals surface area contributed by atoms with Crippen molar-refractivity contribution in [2.24, 2.45) is 0 Å². The molecule has 2 heterocycles. The molecule has 158 valence electrons. The standard InChI is InChI=1S/C26H21N3O3/c1-16-9-11-21-22(13-16)29-24(28-21)12-10-17-5-4-7-19(14-17)27-25(30)20-15-18-6-2-3-8-23(18)32-26(20)31/h2-9,11,13-15H,10,12H2,1H3,(H,27,30)(H,28,29). The number of nitrogens with one attached hydrogen (secondary N) is 2. The first kappa shape index (κ1) is 19.8. The summed E-state index contributed by atoms with van der Waals surface area (Å²) >= 11 is 0. The number of anilines is 1. The van der Waals surface area contributed by atoms with Crippen molar-refractivity contribution in [1.82, 2.24) is 9.97 Å². The van der Waals surface area contributed by atoms with Gasteiger partial charge >= 0.3 is 5.63 Å². The zero-order chi connectivity index (χ0) is 22.1. The van der Waals surface area contributed by atoms with Crippen molar-refractivity contribution in [3.8, 4) is 0 Å². The van der Waals surface area contributed by atoms with E-state index in [1.807, 2.05) is 30.3 Å². The number of hydrogen-bond acceptors (Lipinski definition) is 4. The highest BCUT2D eigenvalue weighted by Gasteiger charge is 2.14. The number of aromatic nitrogens is 2. The monoisotopic (exact) mass is 423 g/mol. The molecule has 0 spiro atoms. The van der Waals surface area contributed by atoms with Gasteiger partial charge in [0.2, 0.25) is 0 Å². The third-order valence-corrected chi connectivity index (χ3v) is 5.41. The zero-order valence-corrected chi connectivity index (χ0v) is 17.5. The Kier molecular flexibility index (Phi) is 5.03. The van der Waals surface area contributed by atoms with Crippen molar-refractivity contribution < 1.29 is 9.21 Å². The van der Waals surface area contributed by atoms with Crippen LogP contribution in [0.4, 0.5) is 5.69 Å². The van der Waals surface area contributed by atoms with E-state index < -0.39 is 11.5 Å². The van der Waals surface area contributed by atoms with Crippen molar-refractivity contribution in [2.75, 3.05) is 5.32 Å². The van der Waals surface area contributed by atoms with Gasteiger partial charge in [0.15, 0.2) is 0 Å². The van der Waals surface area contributed by atoms with Gasteiger partial charge in [-0.2, -0.15) is 0 Å². The second kappa shape index (κ2) is 8.15. The normalized spacial score (nSPS) is 11.2. The molecule has 6 heteroatoms. The summed E-state index contributed by atoms with van der Waals surface area (Å²) < 4.78 is 5.27. The number of carbonyl (C=O) groups excluding carboxylic acids is 1. The van der Waals surface area contributed by atoms with E-state index in [4.69, 9.17) is 4.42 Å². The van der Waals surface area contributed by atoms with Crippen molar-refractivity contribution in [1.29, 1.82) is 0 Å². The fourth-order valence-corrected chi connectivity index (χ4v) is 3.78. The number of benzene rings is 3. The van der Waals surface area contributed by atoms with Crippen molar-refractivity contribution in [2.45, 2.75) is 19.8 Å². The molecule has 0 fully saturated rings. The molecule has 0 saturated heterocycles. The fourth-order valence-electron chi connectivity index (χ4n) is 3.78. The van der Waals surface area contributed by atoms with Crippen LogP contribution in [0.2, 0.25) is 0 Å². The smallest absolute Gasteiger partial charge is 0.349 e. The number of amides is 1. The van der Waals surface area contributed by atoms with Crippen LogP contribution in [0.1, 0.15) is 27.3 Å². The van der Waals surface area contributed by atoms with Crippen LogP contribution in [0, 0.1) is 6.92 Å². The summed E-state index contributed by atoms with van der Waals surface area (Å²) in [6, 6.07) is 22.4. The highest BCUT2D eigenvalue weighted by molar-refractivity contribution is 6.05. The minimum atomic E-state index is -0.655. The van der Waals surface area contributed by atoms with E-state index in [0.29, 0.717) is 16.7 Å². The Labute approximate surface area is 183 Å². The minimum Gasteiger partial charge on any atom is -0.422 e. The third-order valence-electron chi connectivity index (χ3n) is 5.41. The van der Waals surface area contributed by atoms with Gasteiger partial charge in [0.1, 0.15) is 17.0 Å². The highest BCUT2D eigenvalue weighted by atomic mass is 16.4. The Morgan fingerprint density at radius 2 is 1.88 bits per heavy atom. The van der Waals surface area contributed by atoms with E-state index in [-0.39, 0.29) is 5.56 Å². The van der Waals surface area contributed by atoms with Crippen LogP contribution >= 0.6 is 0 Å². The molecule has 32 heavy (non-hydrogen) atoms. The second-order valence-electron chi connectivity index (χ2n) is 7.84. The Bertz CT molecular complexity index is 1510. The molecule has 0 radical (unpaired) electrons. The molecule has 2 aromatic heterocycles. The van der Waals surface area contributed by atoms with Crippen LogP contribution in [-0.2, 0) is 12.8 Å². The van der Waals surface area contributed by atoms with Gasteiger partial charge in [0.25, 0.3) is 5.91 Å². The maximum atomic E-state index is 12.7. The van der Waals surface area contributed by atoms with E-state index in [1.54, 1.807) is 30.3 Å². The van der Waals surface area contributed by atoms with E-state index in [9.17, 15) is 9.59 Å². The third kappa shape index (κ3) is 4.03. The first-order valence-corrected chi connectivity index (χ1v) is 10.4. The lowest BCUT2D eigenvalue weighted by Crippen LogP contribution is -2.20. The summed E-state index contributed by atoms with van der Waals surface area (Å²) in [6.07, 6.45) is 1.51. The lowest BCUT2D eigenvalue weighted by Gasteiger charge is -2.07. The summed E-state index contributed by atoms with van der Waals surface area (Å²) in [6.45, 7) is 2.06. The van der Waals surface area contributed by atoms with Crippen LogP contribution < -0.4 is 10.9 Å². The summed E-state index contributed by atoms with van der Waals surface area (Å²) in [5, 5.41) is 3.51. The number of aryl methyl sites for hydroxylation is 3. The topological polar surface area (TPSA) is 88.0 Å². The van der Waals surface area contributed by atoms with Crippen LogP contribution in [0.15, 0.2) is 82.0 Å². The summed E-state index contributed by atoms with van der Waals surface area (Å²) in [5.41, 5.74) is 4.65. The molecule has 0 unspecified atom stereocenters. The van der Waals surface area contributed by atoms with Gasteiger partial charge in [0, 0.05) is 17.5 Å². The second-order valence-corrected chi connectivity index (χ2v) is 7.84. The molecule has 0 bridgehead atoms. The van der Waals surface area contributed by atoms with Crippen LogP contribution in [0.5, 0.6) is 0 Å². The summed E-state index contributed by atoms with van der Waals surface area (Å²) in [4.78, 5) is 33.0. The van der Waals surface area contributed by atoms with Gasteiger partial charge in [-0.1, -0.05) is 36.4 Å². The van der Waals surface area contributed by atoms with Gasteiger partial charge < -0.3 is 14.7 Å². The maximum Gasteiger partial charge on any atom is 0.349 e. The quantitative estimate of drug-likeness (QED) is 0.389. The summed E-state index contributed by atoms with van der Waals surface area (Å²) in [7, 11) is 0. The van der Waals surface area contributed by atoms with Gasteiger partial charge in [-0.25, -0.2) is 9.78 Å². The average molecular weight is 423 g/mol. The largest absolute Gasteiger partial charge is 0.422 e. The molecule has 6 nitrogen and oxygen atoms in total. The number of nitrogens with zero attached hydrogens (tertiary/aromatic N) is 1. The van der Waals surface area contributed by atoms with Gasteiger partial charge in [0.05, 0.1) is 11.0 Å². The van der Waals surface area contributed by atoms with Crippen LogP contribution in [0.3, 0.4) is 0 Å². The fraction of sp³-hybridized carbons (Fsp3) is 0.115. The predicted octanol–water partition coefficient (Wildman–Crippen LogP) is 5.02. The Hall–Kier alpha value is -4.19. The molecule has 1 amide bonds. The predicted molar refractivity (Wildman–Crippen MR) is 125 cm³/mol. The van der Waals surface area contributed by atoms with E-state index >= 15 is 0 Å². The number of imidazole rings is 1. The van der Waals surface area contributed by atoms with Crippen molar-refractivity contribution in [3.05, 3.63) is 106 Å². The number of fused-ring (bicyclic) bond motifs is 2. The Morgan fingerprint density at radius 3 is 2.78 bits per heavy atom. The molecule has 5 aromatic rings. The van der Waals surface area contributed by atoms with Crippen molar-refractivity contribution >= 4 is 33.6 Å². The van der Waals surface area contributed by atoms with Gasteiger partial charge in [-0.3, -0.25) is 4.79 Å². The summed E-state index contributed by atoms with van der Waals surface area (Å²) in [5.74, 6) is 0.433. The van der Waals surface area contributed by atoms with E-state index in [0.717, 1.165) is 35.3 Å². The number of H-pyrrole nitrogens is 1. The number of aromatic amines is 1. The number of rotatable bonds is 5. The van der Waals surface area contributed by atoms with Crippen LogP contribution in [-0.4, -0.2) is 15.9 Å². The molecule has 0 aliphatic carbocycles. The molecular weight excluding hydrogens is 402 g/mol. The molecule has 2 N–H and O–H groups in total. The van der Waals surface area contributed by atoms with Gasteiger partial charge in [-0.05, 0) is 60.9 Å². The van der Waals surface area contributed by atoms with Crippen LogP contribution in [0.25, 0.3) is 22.0 Å². The van der Waals surface area contributed by atoms with Crippen molar-refractivity contribution in [3.63, 3.8) is 0 Å². The number of hydrogen-bond donors (Lipinski definition) is 2. The highest BCUT2D eigenvalue weighted by Crippen LogP contribution is 2.18. The van der Waals surface area contributed by atoms with Gasteiger partial charge in [-0.15, -0.1) is 0 Å². The molecule has 0 atom stereocenters. The lowest BCUT2D eigenvalue weighted by molar-refractivity contribution is 0.102. The average Bonchev–Trinajstić information content (AvgIpc) is 3.19. The molecular formula is C26H21N3O3. The first-order valence-electron chi connectivity index (χ1n) is 10.4. The molecule has 0 aliphatic heterocycles. The molecule has 3 aromatic carbocycles. The van der Waals surface area contributed by atoms with E-state index in [1.165, 1.54) is 5.56 Å². The number of carbonyl (C=O) groups is 1. The van der Waals surface area contributed by atoms with E-state index in [2.05, 4.69) is 34.3 Å². The maximum absolute atomic E-state index is 12.7. The lowest BCUT2D eigenvalue weighted by atomic mass is 10.1. The molecule has 0 saturated carbocycles. The molecule has 0 aliphatic rings. The SMILES string of the molecule is Cc1ccc2nc(CCc3cccc(NC(=O)c4cc5ccccc5oc4=O)c3)[nH]c2c1. The minimum absolute atomic E-state index is 0.0216. The Morgan fingerprint density at radius 1 is 1.00 bits per heavy atom. The molecule has 5 rings (SSSR count). The Balaban J connectivity index is 1.31. The first-order chi connectivity index (χ1) is 15.5. The number of para-hydroxylation sites is 1. The zero-order valence-electron chi connectivity index (χ0n) is 17.5.